The van der Waals surface area contributed by atoms with Gasteiger partial charge in [0, 0.05) is 11.3 Å². The number of nitriles is 1. The summed E-state index contributed by atoms with van der Waals surface area (Å²) in [6, 6.07) is 20.4. The molecule has 2 N–H and O–H groups in total. The van der Waals surface area contributed by atoms with Crippen molar-refractivity contribution in [3.05, 3.63) is 83.6 Å². The third-order valence-corrected chi connectivity index (χ3v) is 4.32. The standard InChI is InChI=1S/C23H22N4O/c1-23(2,3)18-8-6-17(7-9-18)22(28)27-21-13-12-20(15-25-21)26-19-10-4-16(14-24)5-11-19/h4-13,15,26H,1-3H3,(H,25,27,28). The molecule has 140 valence electrons. The highest BCUT2D eigenvalue weighted by atomic mass is 16.1. The maximum absolute atomic E-state index is 12.4. The SMILES string of the molecule is CC(C)(C)c1ccc(C(=O)Nc2ccc(Nc3ccc(C#N)cc3)cn2)cc1. The van der Waals surface area contributed by atoms with Crippen LogP contribution in [0, 0.1) is 11.3 Å². The Hall–Kier alpha value is -3.65. The highest BCUT2D eigenvalue weighted by Gasteiger charge is 2.14. The van der Waals surface area contributed by atoms with E-state index in [0.29, 0.717) is 16.9 Å². The molecule has 0 unspecified atom stereocenters. The molecule has 3 aromatic rings. The molecule has 0 aliphatic heterocycles. The number of rotatable bonds is 4. The van der Waals surface area contributed by atoms with Gasteiger partial charge in [-0.05, 0) is 59.5 Å². The molecule has 0 saturated heterocycles. The Morgan fingerprint density at radius 3 is 2.11 bits per heavy atom. The molecule has 3 rings (SSSR count). The van der Waals surface area contributed by atoms with E-state index in [1.807, 2.05) is 42.5 Å². The number of anilines is 3. The Morgan fingerprint density at radius 2 is 1.57 bits per heavy atom. The van der Waals surface area contributed by atoms with Crippen LogP contribution in [0.2, 0.25) is 0 Å². The minimum Gasteiger partial charge on any atom is -0.354 e. The van der Waals surface area contributed by atoms with Gasteiger partial charge < -0.3 is 10.6 Å². The molecule has 28 heavy (non-hydrogen) atoms. The summed E-state index contributed by atoms with van der Waals surface area (Å²) in [6.45, 7) is 6.42. The Balaban J connectivity index is 1.63. The lowest BCUT2D eigenvalue weighted by Crippen LogP contribution is -2.15. The first-order valence-electron chi connectivity index (χ1n) is 9.00. The van der Waals surface area contributed by atoms with Crippen LogP contribution in [0.3, 0.4) is 0 Å². The number of aromatic nitrogens is 1. The van der Waals surface area contributed by atoms with Gasteiger partial charge in [0.25, 0.3) is 5.91 Å². The average Bonchev–Trinajstić information content (AvgIpc) is 2.69. The smallest absolute Gasteiger partial charge is 0.256 e. The van der Waals surface area contributed by atoms with Crippen molar-refractivity contribution in [1.82, 2.24) is 4.98 Å². The van der Waals surface area contributed by atoms with Gasteiger partial charge in [-0.15, -0.1) is 0 Å². The van der Waals surface area contributed by atoms with Crippen LogP contribution in [-0.4, -0.2) is 10.9 Å². The van der Waals surface area contributed by atoms with E-state index in [1.54, 1.807) is 24.4 Å². The van der Waals surface area contributed by atoms with Crippen LogP contribution in [0.4, 0.5) is 17.2 Å². The summed E-state index contributed by atoms with van der Waals surface area (Å²) in [6.07, 6.45) is 1.65. The van der Waals surface area contributed by atoms with Crippen molar-refractivity contribution in [2.24, 2.45) is 0 Å². The van der Waals surface area contributed by atoms with Crippen molar-refractivity contribution in [3.63, 3.8) is 0 Å². The number of carbonyl (C=O) groups excluding carboxylic acids is 1. The molecule has 0 saturated carbocycles. The maximum atomic E-state index is 12.4. The average molecular weight is 370 g/mol. The number of hydrogen-bond acceptors (Lipinski definition) is 4. The highest BCUT2D eigenvalue weighted by molar-refractivity contribution is 6.03. The molecule has 0 bridgehead atoms. The van der Waals surface area contributed by atoms with Crippen molar-refractivity contribution in [2.45, 2.75) is 26.2 Å². The Morgan fingerprint density at radius 1 is 0.929 bits per heavy atom. The van der Waals surface area contributed by atoms with E-state index in [9.17, 15) is 4.79 Å². The minimum atomic E-state index is -0.194. The fourth-order valence-corrected chi connectivity index (χ4v) is 2.65. The molecule has 5 heteroatoms. The lowest BCUT2D eigenvalue weighted by Gasteiger charge is -2.19. The Labute approximate surface area is 165 Å². The predicted octanol–water partition coefficient (Wildman–Crippen LogP) is 5.25. The number of benzene rings is 2. The van der Waals surface area contributed by atoms with Gasteiger partial charge in [-0.2, -0.15) is 5.26 Å². The molecule has 1 amide bonds. The quantitative estimate of drug-likeness (QED) is 0.658. The fraction of sp³-hybridized carbons (Fsp3) is 0.174. The second-order valence-corrected chi connectivity index (χ2v) is 7.53. The summed E-state index contributed by atoms with van der Waals surface area (Å²) in [7, 11) is 0. The second-order valence-electron chi connectivity index (χ2n) is 7.53. The van der Waals surface area contributed by atoms with Crippen LogP contribution in [0.15, 0.2) is 66.9 Å². The first kappa shape index (κ1) is 19.1. The monoisotopic (exact) mass is 370 g/mol. The lowest BCUT2D eigenvalue weighted by molar-refractivity contribution is 0.102. The molecule has 5 nitrogen and oxygen atoms in total. The van der Waals surface area contributed by atoms with E-state index in [4.69, 9.17) is 5.26 Å². The van der Waals surface area contributed by atoms with E-state index in [1.165, 1.54) is 5.56 Å². The summed E-state index contributed by atoms with van der Waals surface area (Å²) in [5.74, 6) is 0.288. The summed E-state index contributed by atoms with van der Waals surface area (Å²) in [4.78, 5) is 16.7. The summed E-state index contributed by atoms with van der Waals surface area (Å²) in [5.41, 5.74) is 4.08. The van der Waals surface area contributed by atoms with Gasteiger partial charge in [0.2, 0.25) is 0 Å². The number of nitrogens with zero attached hydrogens (tertiary/aromatic N) is 2. The first-order valence-corrected chi connectivity index (χ1v) is 9.00. The molecule has 1 heterocycles. The molecule has 0 fully saturated rings. The minimum absolute atomic E-state index is 0.0499. The third kappa shape index (κ3) is 4.74. The van der Waals surface area contributed by atoms with Crippen LogP contribution in [-0.2, 0) is 5.41 Å². The largest absolute Gasteiger partial charge is 0.354 e. The number of amides is 1. The van der Waals surface area contributed by atoms with Gasteiger partial charge in [0.15, 0.2) is 0 Å². The van der Waals surface area contributed by atoms with Crippen molar-refractivity contribution >= 4 is 23.1 Å². The van der Waals surface area contributed by atoms with E-state index >= 15 is 0 Å². The van der Waals surface area contributed by atoms with E-state index < -0.39 is 0 Å². The van der Waals surface area contributed by atoms with E-state index in [0.717, 1.165) is 11.4 Å². The number of carbonyl (C=O) groups is 1. The van der Waals surface area contributed by atoms with Crippen LogP contribution < -0.4 is 10.6 Å². The molecule has 0 aliphatic carbocycles. The number of nitrogens with one attached hydrogen (secondary N) is 2. The van der Waals surface area contributed by atoms with Crippen LogP contribution in [0.25, 0.3) is 0 Å². The Bertz CT molecular complexity index is 993. The number of hydrogen-bond donors (Lipinski definition) is 2. The van der Waals surface area contributed by atoms with Crippen LogP contribution >= 0.6 is 0 Å². The molecular formula is C23H22N4O. The summed E-state index contributed by atoms with van der Waals surface area (Å²) < 4.78 is 0. The first-order chi connectivity index (χ1) is 13.3. The molecule has 0 aliphatic rings. The molecule has 0 atom stereocenters. The molecular weight excluding hydrogens is 348 g/mol. The van der Waals surface area contributed by atoms with Crippen molar-refractivity contribution in [1.29, 1.82) is 5.26 Å². The highest BCUT2D eigenvalue weighted by Crippen LogP contribution is 2.22. The normalized spacial score (nSPS) is 10.8. The lowest BCUT2D eigenvalue weighted by atomic mass is 9.87. The van der Waals surface area contributed by atoms with Gasteiger partial charge in [0.1, 0.15) is 5.82 Å². The molecule has 0 spiro atoms. The number of pyridine rings is 1. The topological polar surface area (TPSA) is 77.8 Å². The van der Waals surface area contributed by atoms with Gasteiger partial charge in [-0.3, -0.25) is 4.79 Å². The third-order valence-electron chi connectivity index (χ3n) is 4.32. The van der Waals surface area contributed by atoms with Crippen LogP contribution in [0.5, 0.6) is 0 Å². The fourth-order valence-electron chi connectivity index (χ4n) is 2.65. The zero-order valence-electron chi connectivity index (χ0n) is 16.2. The Kier molecular flexibility index (Phi) is 5.42. The second kappa shape index (κ2) is 7.93. The van der Waals surface area contributed by atoms with E-state index in [-0.39, 0.29) is 11.3 Å². The zero-order chi connectivity index (χ0) is 20.1. The van der Waals surface area contributed by atoms with Gasteiger partial charge in [0.05, 0.1) is 23.5 Å². The summed E-state index contributed by atoms with van der Waals surface area (Å²) >= 11 is 0. The van der Waals surface area contributed by atoms with E-state index in [2.05, 4.69) is 42.5 Å². The van der Waals surface area contributed by atoms with Crippen LogP contribution in [0.1, 0.15) is 42.3 Å². The van der Waals surface area contributed by atoms with Crippen molar-refractivity contribution < 1.29 is 4.79 Å². The van der Waals surface area contributed by atoms with Gasteiger partial charge in [-0.25, -0.2) is 4.98 Å². The zero-order valence-corrected chi connectivity index (χ0v) is 16.2. The van der Waals surface area contributed by atoms with Crippen molar-refractivity contribution in [3.8, 4) is 6.07 Å². The summed E-state index contributed by atoms with van der Waals surface area (Å²) in [5, 5.41) is 14.8. The molecule has 0 radical (unpaired) electrons. The molecule has 1 aromatic heterocycles. The van der Waals surface area contributed by atoms with Gasteiger partial charge >= 0.3 is 0 Å². The predicted molar refractivity (Wildman–Crippen MR) is 112 cm³/mol. The molecule has 2 aromatic carbocycles. The van der Waals surface area contributed by atoms with Gasteiger partial charge in [-0.1, -0.05) is 32.9 Å². The van der Waals surface area contributed by atoms with Crippen molar-refractivity contribution in [2.75, 3.05) is 10.6 Å². The maximum Gasteiger partial charge on any atom is 0.256 e.